The second-order valence-electron chi connectivity index (χ2n) is 7.05. The number of aromatic nitrogens is 1. The van der Waals surface area contributed by atoms with E-state index in [0.29, 0.717) is 12.2 Å². The molecule has 0 saturated heterocycles. The molecule has 0 unspecified atom stereocenters. The molecule has 124 valence electrons. The molecule has 0 radical (unpaired) electrons. The van der Waals surface area contributed by atoms with E-state index in [2.05, 4.69) is 38.8 Å². The van der Waals surface area contributed by atoms with Crippen molar-refractivity contribution in [2.45, 2.75) is 63.9 Å². The summed E-state index contributed by atoms with van der Waals surface area (Å²) < 4.78 is 6.12. The van der Waals surface area contributed by atoms with Crippen molar-refractivity contribution in [2.75, 3.05) is 6.61 Å². The topological polar surface area (TPSA) is 39.2 Å². The Labute approximate surface area is 140 Å². The summed E-state index contributed by atoms with van der Waals surface area (Å²) in [6.07, 6.45) is 4.25. The zero-order chi connectivity index (χ0) is 16.6. The second-order valence-corrected chi connectivity index (χ2v) is 12.9. The van der Waals surface area contributed by atoms with Crippen molar-refractivity contribution >= 4 is 25.2 Å². The lowest BCUT2D eigenvalue weighted by Crippen LogP contribution is -2.40. The highest BCUT2D eigenvalue weighted by atomic mass is 32.2. The first-order valence-corrected chi connectivity index (χ1v) is 11.8. The van der Waals surface area contributed by atoms with Crippen molar-refractivity contribution in [1.82, 2.24) is 4.98 Å². The van der Waals surface area contributed by atoms with Crippen LogP contribution in [0.2, 0.25) is 18.1 Å². The third-order valence-electron chi connectivity index (χ3n) is 4.15. The highest BCUT2D eigenvalue weighted by Crippen LogP contribution is 2.36. The molecule has 3 nitrogen and oxygen atoms in total. The van der Waals surface area contributed by atoms with Crippen molar-refractivity contribution in [3.8, 4) is 0 Å². The SMILES string of the molecule is CC(C)(C)[Si](C)(C)OCCCCC(=O)SCc1ccccn1. The Morgan fingerprint density at radius 2 is 2.00 bits per heavy atom. The molecule has 1 aromatic heterocycles. The van der Waals surface area contributed by atoms with Gasteiger partial charge in [-0.15, -0.1) is 0 Å². The van der Waals surface area contributed by atoms with E-state index in [4.69, 9.17) is 4.43 Å². The van der Waals surface area contributed by atoms with Gasteiger partial charge in [0.25, 0.3) is 0 Å². The summed E-state index contributed by atoms with van der Waals surface area (Å²) in [5.41, 5.74) is 0.960. The van der Waals surface area contributed by atoms with Gasteiger partial charge >= 0.3 is 0 Å². The van der Waals surface area contributed by atoms with Gasteiger partial charge in [-0.2, -0.15) is 0 Å². The van der Waals surface area contributed by atoms with Gasteiger partial charge in [-0.05, 0) is 43.1 Å². The summed E-state index contributed by atoms with van der Waals surface area (Å²) in [6, 6.07) is 5.79. The summed E-state index contributed by atoms with van der Waals surface area (Å²) in [6.45, 7) is 12.0. The van der Waals surface area contributed by atoms with Gasteiger partial charge in [0.05, 0.1) is 5.69 Å². The van der Waals surface area contributed by atoms with E-state index in [1.165, 1.54) is 11.8 Å². The smallest absolute Gasteiger partial charge is 0.191 e. The molecule has 0 amide bonds. The van der Waals surface area contributed by atoms with Crippen molar-refractivity contribution in [1.29, 1.82) is 0 Å². The standard InChI is InChI=1S/C17H29NO2SSi/c1-17(2,3)22(4,5)20-13-9-7-11-16(19)21-14-15-10-6-8-12-18-15/h6,8,10,12H,7,9,11,13-14H2,1-5H3. The maximum atomic E-state index is 11.8. The molecule has 0 saturated carbocycles. The summed E-state index contributed by atoms with van der Waals surface area (Å²) in [7, 11) is -1.64. The van der Waals surface area contributed by atoms with Gasteiger partial charge in [-0.3, -0.25) is 9.78 Å². The lowest BCUT2D eigenvalue weighted by molar-refractivity contribution is -0.111. The van der Waals surface area contributed by atoms with Crippen molar-refractivity contribution < 1.29 is 9.22 Å². The van der Waals surface area contributed by atoms with E-state index in [1.54, 1.807) is 6.20 Å². The predicted octanol–water partition coefficient (Wildman–Crippen LogP) is 5.03. The Kier molecular flexibility index (Phi) is 7.80. The highest BCUT2D eigenvalue weighted by Gasteiger charge is 2.36. The minimum Gasteiger partial charge on any atom is -0.417 e. The normalized spacial score (nSPS) is 12.4. The van der Waals surface area contributed by atoms with E-state index < -0.39 is 8.32 Å². The monoisotopic (exact) mass is 339 g/mol. The lowest BCUT2D eigenvalue weighted by Gasteiger charge is -2.36. The van der Waals surface area contributed by atoms with Crippen LogP contribution in [0.15, 0.2) is 24.4 Å². The fourth-order valence-corrected chi connectivity index (χ4v) is 3.48. The first kappa shape index (κ1) is 19.4. The number of carbonyl (C=O) groups excluding carboxylic acids is 1. The maximum Gasteiger partial charge on any atom is 0.191 e. The second kappa shape index (κ2) is 8.84. The molecule has 0 aliphatic heterocycles. The van der Waals surface area contributed by atoms with Crippen LogP contribution in [0.25, 0.3) is 0 Å². The molecule has 1 heterocycles. The molecule has 1 rings (SSSR count). The van der Waals surface area contributed by atoms with E-state index >= 15 is 0 Å². The highest BCUT2D eigenvalue weighted by molar-refractivity contribution is 8.12. The minimum absolute atomic E-state index is 0.248. The average molecular weight is 340 g/mol. The number of hydrogen-bond acceptors (Lipinski definition) is 4. The van der Waals surface area contributed by atoms with E-state index in [0.717, 1.165) is 25.1 Å². The van der Waals surface area contributed by atoms with Crippen LogP contribution in [0.5, 0.6) is 0 Å². The number of unbranched alkanes of at least 4 members (excludes halogenated alkanes) is 1. The van der Waals surface area contributed by atoms with Gasteiger partial charge < -0.3 is 4.43 Å². The first-order valence-electron chi connectivity index (χ1n) is 7.92. The van der Waals surface area contributed by atoms with Crippen LogP contribution in [-0.2, 0) is 15.0 Å². The number of carbonyl (C=O) groups is 1. The van der Waals surface area contributed by atoms with Crippen molar-refractivity contribution in [2.24, 2.45) is 0 Å². The molecule has 0 spiro atoms. The fraction of sp³-hybridized carbons (Fsp3) is 0.647. The van der Waals surface area contributed by atoms with E-state index in [1.807, 2.05) is 18.2 Å². The minimum atomic E-state index is -1.64. The van der Waals surface area contributed by atoms with Crippen LogP contribution in [0, 0.1) is 0 Å². The lowest BCUT2D eigenvalue weighted by atomic mass is 10.2. The summed E-state index contributed by atoms with van der Waals surface area (Å²) in [4.78, 5) is 16.1. The predicted molar refractivity (Wildman–Crippen MR) is 97.5 cm³/mol. The number of hydrogen-bond donors (Lipinski definition) is 0. The molecule has 0 N–H and O–H groups in total. The number of pyridine rings is 1. The maximum absolute atomic E-state index is 11.8. The van der Waals surface area contributed by atoms with Crippen LogP contribution in [0.3, 0.4) is 0 Å². The summed E-state index contributed by atoms with van der Waals surface area (Å²) in [5, 5.41) is 0.499. The molecule has 0 atom stereocenters. The quantitative estimate of drug-likeness (QED) is 0.492. The van der Waals surface area contributed by atoms with E-state index in [-0.39, 0.29) is 10.2 Å². The molecular weight excluding hydrogens is 310 g/mol. The van der Waals surface area contributed by atoms with Crippen LogP contribution < -0.4 is 0 Å². The zero-order valence-electron chi connectivity index (χ0n) is 14.5. The number of nitrogens with zero attached hydrogens (tertiary/aromatic N) is 1. The first-order chi connectivity index (χ1) is 10.2. The van der Waals surface area contributed by atoms with Crippen LogP contribution in [0.1, 0.15) is 45.7 Å². The Morgan fingerprint density at radius 3 is 2.59 bits per heavy atom. The Morgan fingerprint density at radius 1 is 1.27 bits per heavy atom. The molecule has 5 heteroatoms. The van der Waals surface area contributed by atoms with Crippen LogP contribution >= 0.6 is 11.8 Å². The molecule has 0 aromatic carbocycles. The van der Waals surface area contributed by atoms with Gasteiger partial charge in [0.2, 0.25) is 0 Å². The van der Waals surface area contributed by atoms with Crippen LogP contribution in [0.4, 0.5) is 0 Å². The van der Waals surface area contributed by atoms with Gasteiger partial charge in [0.15, 0.2) is 13.4 Å². The van der Waals surface area contributed by atoms with Crippen molar-refractivity contribution in [3.63, 3.8) is 0 Å². The Bertz CT molecular complexity index is 457. The number of thioether (sulfide) groups is 1. The summed E-state index contributed by atoms with van der Waals surface area (Å²) in [5.74, 6) is 0.667. The Balaban J connectivity index is 2.13. The third kappa shape index (κ3) is 7.07. The average Bonchev–Trinajstić information content (AvgIpc) is 2.44. The molecule has 0 aliphatic rings. The Hall–Kier alpha value is -0.653. The molecule has 0 aliphatic carbocycles. The van der Waals surface area contributed by atoms with Gasteiger partial charge in [0.1, 0.15) is 0 Å². The van der Waals surface area contributed by atoms with Gasteiger partial charge in [0, 0.05) is 25.0 Å². The van der Waals surface area contributed by atoms with E-state index in [9.17, 15) is 4.79 Å². The molecule has 22 heavy (non-hydrogen) atoms. The largest absolute Gasteiger partial charge is 0.417 e. The van der Waals surface area contributed by atoms with Crippen molar-refractivity contribution in [3.05, 3.63) is 30.1 Å². The number of rotatable bonds is 8. The molecule has 0 fully saturated rings. The molecule has 1 aromatic rings. The third-order valence-corrected chi connectivity index (χ3v) is 9.66. The fourth-order valence-electron chi connectivity index (χ4n) is 1.63. The van der Waals surface area contributed by atoms with Crippen LogP contribution in [-0.4, -0.2) is 25.0 Å². The molecular formula is C17H29NO2SSi. The summed E-state index contributed by atoms with van der Waals surface area (Å²) >= 11 is 1.36. The van der Waals surface area contributed by atoms with Gasteiger partial charge in [-0.1, -0.05) is 38.6 Å². The molecule has 0 bridgehead atoms. The zero-order valence-corrected chi connectivity index (χ0v) is 16.3. The van der Waals surface area contributed by atoms with Gasteiger partial charge in [-0.25, -0.2) is 0 Å².